The molecule has 1 aliphatic rings. The Kier molecular flexibility index (Phi) is 18.5. The molecule has 0 saturated heterocycles. The van der Waals surface area contributed by atoms with E-state index in [9.17, 15) is 33.6 Å². The third-order valence-corrected chi connectivity index (χ3v) is 11.9. The molecule has 6 rings (SSSR count). The average molecular weight is 988 g/mol. The van der Waals surface area contributed by atoms with Gasteiger partial charge in [0.15, 0.2) is 12.2 Å². The molecule has 2 atom stereocenters. The number of benzene rings is 3. The number of urea groups is 1. The molecule has 380 valence electrons. The molecule has 5 amide bonds. The minimum atomic E-state index is -1.42. The van der Waals surface area contributed by atoms with Gasteiger partial charge in [-0.3, -0.25) is 24.3 Å². The number of carbonyl (C=O) groups is 7. The molecule has 0 radical (unpaired) electrons. The summed E-state index contributed by atoms with van der Waals surface area (Å²) >= 11 is 0. The highest BCUT2D eigenvalue weighted by atomic mass is 16.6. The topological polar surface area (TPSA) is 255 Å². The number of aryl methyl sites for hydroxylation is 1. The van der Waals surface area contributed by atoms with Crippen LogP contribution in [0.3, 0.4) is 0 Å². The summed E-state index contributed by atoms with van der Waals surface area (Å²) in [6, 6.07) is 18.8. The van der Waals surface area contributed by atoms with Crippen molar-refractivity contribution < 1.29 is 52.5 Å². The molecule has 1 aliphatic heterocycles. The number of methoxy groups -OCH3 is 1. The van der Waals surface area contributed by atoms with Crippen LogP contribution < -0.4 is 26.0 Å². The van der Waals surface area contributed by atoms with E-state index in [1.54, 1.807) is 73.9 Å². The monoisotopic (exact) mass is 987 g/mol. The van der Waals surface area contributed by atoms with Gasteiger partial charge in [0, 0.05) is 71.8 Å². The third kappa shape index (κ3) is 14.2. The molecule has 72 heavy (non-hydrogen) atoms. The van der Waals surface area contributed by atoms with Crippen molar-refractivity contribution in [3.8, 4) is 16.9 Å². The summed E-state index contributed by atoms with van der Waals surface area (Å²) in [5.74, 6) is -3.28. The Morgan fingerprint density at radius 1 is 0.833 bits per heavy atom. The van der Waals surface area contributed by atoms with Gasteiger partial charge in [-0.05, 0) is 106 Å². The van der Waals surface area contributed by atoms with Gasteiger partial charge in [0.1, 0.15) is 12.4 Å². The van der Waals surface area contributed by atoms with Crippen molar-refractivity contribution in [3.63, 3.8) is 0 Å². The molecule has 0 aliphatic carbocycles. The standard InChI is InChI=1S/C52H61N9O11/c1-8-60(9-2)22-21-53-49(65)47-31(3)44(56-32(47)4)27-42-41-26-39(17-18-43(41)59-48(42)64)57-45(62)19-20-46(63)71-34(6)51(67)72-33(5)50(66)70-24-23-61(30-35-11-10-12-40(25-35)69-7)52(68)58-38-15-13-36(14-16-38)37-28-54-55-29-37/h10-18,25-29,33-34,56H,8-9,19-24,30H2,1-7H3,(H,53,65)(H,54,55)(H,57,62)(H,58,68)(H,59,64)/b42-27-/t33-,34-/m0/s1. The normalized spacial score (nSPS) is 13.1. The van der Waals surface area contributed by atoms with Crippen LogP contribution in [0.25, 0.3) is 22.8 Å². The smallest absolute Gasteiger partial charge is 0.347 e. The maximum Gasteiger partial charge on any atom is 0.347 e. The Morgan fingerprint density at radius 2 is 1.57 bits per heavy atom. The minimum Gasteiger partial charge on any atom is -0.497 e. The number of carbonyl (C=O) groups excluding carboxylic acids is 7. The Balaban J connectivity index is 0.956. The van der Waals surface area contributed by atoms with Crippen LogP contribution in [0.1, 0.15) is 79.0 Å². The third-order valence-electron chi connectivity index (χ3n) is 11.9. The zero-order valence-electron chi connectivity index (χ0n) is 41.4. The highest BCUT2D eigenvalue weighted by Gasteiger charge is 2.28. The maximum atomic E-state index is 13.5. The SMILES string of the molecule is CCN(CC)CCNC(=O)c1c(C)[nH]c(/C=C2\C(=O)Nc3ccc(NC(=O)CCC(=O)O[C@@H](C)C(=O)O[C@@H](C)C(=O)OCCN(Cc4cccc(OC)c4)C(=O)Nc4ccc(-c5cn[nH]c5)cc4)cc32)c1C. The molecule has 0 bridgehead atoms. The molecule has 20 nitrogen and oxygen atoms in total. The Bertz CT molecular complexity index is 2780. The molecular formula is C52H61N9O11. The van der Waals surface area contributed by atoms with Crippen LogP contribution in [0.5, 0.6) is 5.75 Å². The number of likely N-dealkylation sites (N-methyl/N-ethyl adjacent to an activating group) is 1. The van der Waals surface area contributed by atoms with Crippen LogP contribution in [0.4, 0.5) is 21.9 Å². The zero-order valence-corrected chi connectivity index (χ0v) is 41.4. The summed E-state index contributed by atoms with van der Waals surface area (Å²) in [5, 5.41) is 18.1. The van der Waals surface area contributed by atoms with Gasteiger partial charge in [-0.25, -0.2) is 14.4 Å². The number of rotatable bonds is 23. The second kappa shape index (κ2) is 25.0. The number of aromatic nitrogens is 3. The van der Waals surface area contributed by atoms with Crippen molar-refractivity contribution >= 4 is 70.4 Å². The van der Waals surface area contributed by atoms with E-state index in [1.807, 2.05) is 25.1 Å². The highest BCUT2D eigenvalue weighted by molar-refractivity contribution is 6.35. The van der Waals surface area contributed by atoms with E-state index < -0.39 is 42.1 Å². The Labute approximate surface area is 417 Å². The van der Waals surface area contributed by atoms with Crippen LogP contribution in [-0.2, 0) is 44.7 Å². The molecule has 2 aromatic heterocycles. The number of ether oxygens (including phenoxy) is 4. The molecule has 20 heteroatoms. The lowest BCUT2D eigenvalue weighted by Gasteiger charge is -2.24. The summed E-state index contributed by atoms with van der Waals surface area (Å²) in [5.41, 5.74) is 7.27. The maximum absolute atomic E-state index is 13.5. The molecule has 0 spiro atoms. The predicted octanol–water partition coefficient (Wildman–Crippen LogP) is 6.45. The minimum absolute atomic E-state index is 0.0276. The van der Waals surface area contributed by atoms with Crippen LogP contribution in [0.15, 0.2) is 79.1 Å². The lowest BCUT2D eigenvalue weighted by Crippen LogP contribution is -2.38. The van der Waals surface area contributed by atoms with Gasteiger partial charge >= 0.3 is 23.9 Å². The second-order valence-corrected chi connectivity index (χ2v) is 16.9. The van der Waals surface area contributed by atoms with Crippen LogP contribution in [-0.4, -0.2) is 125 Å². The molecule has 3 heterocycles. The molecule has 0 unspecified atom stereocenters. The van der Waals surface area contributed by atoms with Crippen LogP contribution in [0.2, 0.25) is 0 Å². The fourth-order valence-electron chi connectivity index (χ4n) is 7.80. The summed E-state index contributed by atoms with van der Waals surface area (Å²) in [6.07, 6.45) is 1.62. The van der Waals surface area contributed by atoms with Crippen LogP contribution >= 0.6 is 0 Å². The largest absolute Gasteiger partial charge is 0.497 e. The van der Waals surface area contributed by atoms with Crippen molar-refractivity contribution in [2.75, 3.05) is 62.4 Å². The van der Waals surface area contributed by atoms with E-state index in [4.69, 9.17) is 18.9 Å². The van der Waals surface area contributed by atoms with Crippen molar-refractivity contribution in [1.82, 2.24) is 30.3 Å². The van der Waals surface area contributed by atoms with Gasteiger partial charge < -0.3 is 55.0 Å². The lowest BCUT2D eigenvalue weighted by atomic mass is 10.0. The fraction of sp³-hybridized carbons (Fsp3) is 0.346. The van der Waals surface area contributed by atoms with Crippen molar-refractivity contribution in [2.45, 2.75) is 73.1 Å². The quantitative estimate of drug-likeness (QED) is 0.0234. The van der Waals surface area contributed by atoms with E-state index >= 15 is 0 Å². The number of aromatic amines is 2. The molecular weight excluding hydrogens is 927 g/mol. The first-order valence-electron chi connectivity index (χ1n) is 23.6. The molecule has 6 N–H and O–H groups in total. The summed E-state index contributed by atoms with van der Waals surface area (Å²) in [6.45, 7) is 13.2. The van der Waals surface area contributed by atoms with E-state index in [0.29, 0.717) is 63.0 Å². The van der Waals surface area contributed by atoms with Crippen molar-refractivity contribution in [2.24, 2.45) is 0 Å². The first-order valence-corrected chi connectivity index (χ1v) is 23.6. The first kappa shape index (κ1) is 53.1. The van der Waals surface area contributed by atoms with Gasteiger partial charge in [0.05, 0.1) is 37.4 Å². The highest BCUT2D eigenvalue weighted by Crippen LogP contribution is 2.36. The van der Waals surface area contributed by atoms with E-state index in [1.165, 1.54) is 25.9 Å². The zero-order chi connectivity index (χ0) is 51.9. The van der Waals surface area contributed by atoms with Gasteiger partial charge in [0.2, 0.25) is 5.91 Å². The number of nitrogens with one attached hydrogen (secondary N) is 6. The van der Waals surface area contributed by atoms with E-state index in [0.717, 1.165) is 36.3 Å². The Morgan fingerprint density at radius 3 is 2.28 bits per heavy atom. The summed E-state index contributed by atoms with van der Waals surface area (Å²) < 4.78 is 21.2. The number of fused-ring (bicyclic) bond motifs is 1. The van der Waals surface area contributed by atoms with Crippen molar-refractivity contribution in [3.05, 3.63) is 113 Å². The number of esters is 3. The van der Waals surface area contributed by atoms with Gasteiger partial charge in [0.25, 0.3) is 11.8 Å². The van der Waals surface area contributed by atoms with Gasteiger partial charge in [-0.15, -0.1) is 0 Å². The Hall–Kier alpha value is -8.26. The number of hydrogen-bond donors (Lipinski definition) is 6. The number of anilines is 3. The van der Waals surface area contributed by atoms with Gasteiger partial charge in [-0.2, -0.15) is 5.10 Å². The molecule has 0 fully saturated rings. The molecule has 5 aromatic rings. The van der Waals surface area contributed by atoms with Crippen LogP contribution in [0, 0.1) is 13.8 Å². The summed E-state index contributed by atoms with van der Waals surface area (Å²) in [4.78, 5) is 98.1. The summed E-state index contributed by atoms with van der Waals surface area (Å²) in [7, 11) is 1.54. The number of hydrogen-bond acceptors (Lipinski definition) is 13. The molecule has 3 aromatic carbocycles. The van der Waals surface area contributed by atoms with Crippen molar-refractivity contribution in [1.29, 1.82) is 0 Å². The molecule has 0 saturated carbocycles. The lowest BCUT2D eigenvalue weighted by molar-refractivity contribution is -0.177. The average Bonchev–Trinajstić information content (AvgIpc) is 4.09. The van der Waals surface area contributed by atoms with E-state index in [-0.39, 0.29) is 44.4 Å². The number of nitrogens with zero attached hydrogens (tertiary/aromatic N) is 3. The number of H-pyrrole nitrogens is 2. The number of amides is 5. The second-order valence-electron chi connectivity index (χ2n) is 16.9. The fourth-order valence-corrected chi connectivity index (χ4v) is 7.80. The predicted molar refractivity (Wildman–Crippen MR) is 270 cm³/mol. The van der Waals surface area contributed by atoms with E-state index in [2.05, 4.69) is 55.2 Å². The van der Waals surface area contributed by atoms with Gasteiger partial charge in [-0.1, -0.05) is 38.1 Å². The first-order chi connectivity index (χ1) is 34.6.